The molecule has 1 amide bonds. The van der Waals surface area contributed by atoms with E-state index in [2.05, 4.69) is 5.32 Å². The largest absolute Gasteiger partial charge is 0.481 e. The van der Waals surface area contributed by atoms with Crippen LogP contribution in [0, 0.1) is 6.92 Å². The average molecular weight is 292 g/mol. The van der Waals surface area contributed by atoms with Crippen molar-refractivity contribution in [2.45, 2.75) is 65.6 Å². The summed E-state index contributed by atoms with van der Waals surface area (Å²) in [4.78, 5) is 12.2. The first-order valence-electron chi connectivity index (χ1n) is 7.51. The van der Waals surface area contributed by atoms with Crippen LogP contribution in [0.25, 0.3) is 0 Å². The van der Waals surface area contributed by atoms with Gasteiger partial charge in [-0.1, -0.05) is 19.1 Å². The summed E-state index contributed by atoms with van der Waals surface area (Å²) < 4.78 is 5.78. The minimum absolute atomic E-state index is 0.0103. The number of carbonyl (C=O) groups is 1. The van der Waals surface area contributed by atoms with E-state index in [1.165, 1.54) is 0 Å². The van der Waals surface area contributed by atoms with E-state index in [9.17, 15) is 4.79 Å². The Labute approximate surface area is 128 Å². The molecule has 0 aliphatic rings. The van der Waals surface area contributed by atoms with Crippen LogP contribution in [0.15, 0.2) is 18.2 Å². The van der Waals surface area contributed by atoms with Crippen molar-refractivity contribution in [3.8, 4) is 5.75 Å². The number of carbonyl (C=O) groups excluding carboxylic acids is 1. The van der Waals surface area contributed by atoms with Crippen molar-refractivity contribution >= 4 is 5.91 Å². The van der Waals surface area contributed by atoms with Gasteiger partial charge in [0.15, 0.2) is 6.10 Å². The minimum Gasteiger partial charge on any atom is -0.481 e. The van der Waals surface area contributed by atoms with Crippen molar-refractivity contribution in [1.82, 2.24) is 5.32 Å². The predicted molar refractivity (Wildman–Crippen MR) is 86.4 cm³/mol. The van der Waals surface area contributed by atoms with Gasteiger partial charge in [0, 0.05) is 11.6 Å². The van der Waals surface area contributed by atoms with Crippen molar-refractivity contribution in [2.24, 2.45) is 5.73 Å². The Balaban J connectivity index is 2.75. The van der Waals surface area contributed by atoms with Crippen LogP contribution in [0.2, 0.25) is 0 Å². The molecule has 118 valence electrons. The van der Waals surface area contributed by atoms with E-state index in [1.807, 2.05) is 52.8 Å². The zero-order chi connectivity index (χ0) is 16.2. The lowest BCUT2D eigenvalue weighted by molar-refractivity contribution is -0.129. The normalized spacial score (nSPS) is 14.4. The summed E-state index contributed by atoms with van der Waals surface area (Å²) in [5, 5.41) is 2.99. The third-order valence-electron chi connectivity index (χ3n) is 3.74. The lowest BCUT2D eigenvalue weighted by Gasteiger charge is -2.27. The minimum atomic E-state index is -0.532. The SMILES string of the molecule is CCC(C)(C)NC(=O)C(C)Oc1ccc([C@H](C)N)cc1C. The molecule has 1 unspecified atom stereocenters. The van der Waals surface area contributed by atoms with Gasteiger partial charge in [-0.3, -0.25) is 4.79 Å². The molecular weight excluding hydrogens is 264 g/mol. The third kappa shape index (κ3) is 5.05. The maximum atomic E-state index is 12.2. The van der Waals surface area contributed by atoms with Gasteiger partial charge in [0.1, 0.15) is 5.75 Å². The summed E-state index contributed by atoms with van der Waals surface area (Å²) in [6, 6.07) is 5.81. The maximum Gasteiger partial charge on any atom is 0.261 e. The first-order chi connectivity index (χ1) is 9.66. The van der Waals surface area contributed by atoms with Gasteiger partial charge < -0.3 is 15.8 Å². The van der Waals surface area contributed by atoms with Crippen molar-refractivity contribution < 1.29 is 9.53 Å². The van der Waals surface area contributed by atoms with Crippen molar-refractivity contribution in [1.29, 1.82) is 0 Å². The molecule has 0 saturated heterocycles. The van der Waals surface area contributed by atoms with E-state index >= 15 is 0 Å². The van der Waals surface area contributed by atoms with Gasteiger partial charge in [0.05, 0.1) is 0 Å². The van der Waals surface area contributed by atoms with Crippen LogP contribution in [0.1, 0.15) is 58.2 Å². The molecular formula is C17H28N2O2. The first kappa shape index (κ1) is 17.5. The molecule has 4 heteroatoms. The average Bonchev–Trinajstić information content (AvgIpc) is 2.40. The van der Waals surface area contributed by atoms with Gasteiger partial charge in [-0.25, -0.2) is 0 Å². The molecule has 0 saturated carbocycles. The topological polar surface area (TPSA) is 64.3 Å². The van der Waals surface area contributed by atoms with Gasteiger partial charge in [-0.15, -0.1) is 0 Å². The highest BCUT2D eigenvalue weighted by Gasteiger charge is 2.23. The van der Waals surface area contributed by atoms with Crippen LogP contribution < -0.4 is 15.8 Å². The molecule has 4 nitrogen and oxygen atoms in total. The second-order valence-corrected chi connectivity index (χ2v) is 6.30. The molecule has 2 atom stereocenters. The molecule has 0 heterocycles. The van der Waals surface area contributed by atoms with Gasteiger partial charge >= 0.3 is 0 Å². The second kappa shape index (κ2) is 6.94. The third-order valence-corrected chi connectivity index (χ3v) is 3.74. The van der Waals surface area contributed by atoms with Crippen LogP contribution in [-0.2, 0) is 4.79 Å². The molecule has 0 bridgehead atoms. The predicted octanol–water partition coefficient (Wildman–Crippen LogP) is 3.09. The fourth-order valence-electron chi connectivity index (χ4n) is 1.86. The van der Waals surface area contributed by atoms with E-state index in [0.29, 0.717) is 0 Å². The van der Waals surface area contributed by atoms with E-state index in [4.69, 9.17) is 10.5 Å². The fraction of sp³-hybridized carbons (Fsp3) is 0.588. The Morgan fingerprint density at radius 2 is 2.00 bits per heavy atom. The standard InChI is InChI=1S/C17H28N2O2/c1-7-17(5,6)19-16(20)13(4)21-15-9-8-14(12(3)18)10-11(15)2/h8-10,12-13H,7,18H2,1-6H3,(H,19,20)/t12-,13?/m0/s1. The molecule has 0 radical (unpaired) electrons. The summed E-state index contributed by atoms with van der Waals surface area (Å²) in [7, 11) is 0. The molecule has 0 aliphatic heterocycles. The molecule has 1 rings (SSSR count). The van der Waals surface area contributed by atoms with E-state index < -0.39 is 6.10 Å². The highest BCUT2D eigenvalue weighted by atomic mass is 16.5. The Hall–Kier alpha value is -1.55. The number of nitrogens with one attached hydrogen (secondary N) is 1. The van der Waals surface area contributed by atoms with Crippen molar-refractivity contribution in [3.63, 3.8) is 0 Å². The van der Waals surface area contributed by atoms with Gasteiger partial charge in [-0.2, -0.15) is 0 Å². The summed E-state index contributed by atoms with van der Waals surface area (Å²) >= 11 is 0. The molecule has 1 aromatic carbocycles. The van der Waals surface area contributed by atoms with Crippen molar-refractivity contribution in [3.05, 3.63) is 29.3 Å². The number of benzene rings is 1. The summed E-state index contributed by atoms with van der Waals surface area (Å²) in [6.45, 7) is 11.7. The highest BCUT2D eigenvalue weighted by Crippen LogP contribution is 2.23. The number of ether oxygens (including phenoxy) is 1. The molecule has 0 aliphatic carbocycles. The van der Waals surface area contributed by atoms with Gasteiger partial charge in [-0.05, 0) is 58.2 Å². The number of aryl methyl sites for hydroxylation is 1. The fourth-order valence-corrected chi connectivity index (χ4v) is 1.86. The molecule has 3 N–H and O–H groups in total. The highest BCUT2D eigenvalue weighted by molar-refractivity contribution is 5.81. The number of rotatable bonds is 6. The number of amides is 1. The maximum absolute atomic E-state index is 12.2. The molecule has 0 spiro atoms. The lowest BCUT2D eigenvalue weighted by Crippen LogP contribution is -2.48. The van der Waals surface area contributed by atoms with E-state index in [-0.39, 0.29) is 17.5 Å². The first-order valence-corrected chi connectivity index (χ1v) is 7.51. The van der Waals surface area contributed by atoms with Gasteiger partial charge in [0.2, 0.25) is 0 Å². The zero-order valence-corrected chi connectivity index (χ0v) is 14.0. The van der Waals surface area contributed by atoms with Crippen LogP contribution in [0.5, 0.6) is 5.75 Å². The monoisotopic (exact) mass is 292 g/mol. The van der Waals surface area contributed by atoms with Crippen LogP contribution in [0.3, 0.4) is 0 Å². The second-order valence-electron chi connectivity index (χ2n) is 6.30. The zero-order valence-electron chi connectivity index (χ0n) is 14.0. The Kier molecular flexibility index (Phi) is 5.78. The lowest BCUT2D eigenvalue weighted by atomic mass is 10.0. The van der Waals surface area contributed by atoms with E-state index in [0.717, 1.165) is 23.3 Å². The van der Waals surface area contributed by atoms with Gasteiger partial charge in [0.25, 0.3) is 5.91 Å². The van der Waals surface area contributed by atoms with E-state index in [1.54, 1.807) is 6.92 Å². The summed E-state index contributed by atoms with van der Waals surface area (Å²) in [5.74, 6) is 0.619. The Bertz CT molecular complexity index is 496. The summed E-state index contributed by atoms with van der Waals surface area (Å²) in [6.07, 6.45) is 0.337. The van der Waals surface area contributed by atoms with Crippen LogP contribution in [0.4, 0.5) is 0 Å². The Morgan fingerprint density at radius 3 is 2.48 bits per heavy atom. The van der Waals surface area contributed by atoms with Crippen LogP contribution in [-0.4, -0.2) is 17.6 Å². The smallest absolute Gasteiger partial charge is 0.261 e. The molecule has 0 fully saturated rings. The quantitative estimate of drug-likeness (QED) is 0.847. The molecule has 1 aromatic rings. The number of nitrogens with two attached hydrogens (primary N) is 1. The van der Waals surface area contributed by atoms with Crippen LogP contribution >= 0.6 is 0 Å². The Morgan fingerprint density at radius 1 is 1.38 bits per heavy atom. The van der Waals surface area contributed by atoms with Crippen molar-refractivity contribution in [2.75, 3.05) is 0 Å². The molecule has 0 aromatic heterocycles. The number of hydrogen-bond donors (Lipinski definition) is 2. The molecule has 21 heavy (non-hydrogen) atoms. The summed E-state index contributed by atoms with van der Waals surface area (Å²) in [5.41, 5.74) is 7.69. The number of hydrogen-bond acceptors (Lipinski definition) is 3.